The number of rotatable bonds is 4. The molecule has 0 aromatic carbocycles. The molecule has 0 aliphatic heterocycles. The maximum absolute atomic E-state index is 11.1. The molecular weight excluding hydrogens is 260 g/mol. The van der Waals surface area contributed by atoms with Gasteiger partial charge in [0.05, 0.1) is 16.7 Å². The minimum absolute atomic E-state index is 0.00823. The van der Waals surface area contributed by atoms with Gasteiger partial charge < -0.3 is 9.84 Å². The SMILES string of the molecule is Cc1ccnc(NC(C)c2c(C)noc2C)c1[N+](=O)[O-]. The standard InChI is InChI=1S/C13H16N4O3/c1-7-5-6-14-13(12(7)17(18)19)15-8(2)11-9(3)16-20-10(11)4/h5-6,8H,1-4H3,(H,14,15). The lowest BCUT2D eigenvalue weighted by molar-refractivity contribution is -0.384. The van der Waals surface area contributed by atoms with E-state index in [1.165, 1.54) is 0 Å². The highest BCUT2D eigenvalue weighted by atomic mass is 16.6. The van der Waals surface area contributed by atoms with Gasteiger partial charge in [0, 0.05) is 17.3 Å². The molecule has 2 heterocycles. The molecule has 106 valence electrons. The summed E-state index contributed by atoms with van der Waals surface area (Å²) in [5.41, 5.74) is 2.21. The van der Waals surface area contributed by atoms with Crippen LogP contribution in [0.4, 0.5) is 11.5 Å². The normalized spacial score (nSPS) is 12.2. The first kappa shape index (κ1) is 14.0. The van der Waals surface area contributed by atoms with Gasteiger partial charge in [0.1, 0.15) is 5.76 Å². The van der Waals surface area contributed by atoms with Gasteiger partial charge in [-0.2, -0.15) is 0 Å². The van der Waals surface area contributed by atoms with Crippen molar-refractivity contribution in [3.8, 4) is 0 Å². The van der Waals surface area contributed by atoms with Crippen molar-refractivity contribution in [2.24, 2.45) is 0 Å². The van der Waals surface area contributed by atoms with Crippen molar-refractivity contribution in [3.05, 3.63) is 45.0 Å². The van der Waals surface area contributed by atoms with Crippen molar-refractivity contribution in [1.82, 2.24) is 10.1 Å². The van der Waals surface area contributed by atoms with Gasteiger partial charge in [-0.15, -0.1) is 0 Å². The Kier molecular flexibility index (Phi) is 3.69. The summed E-state index contributed by atoms with van der Waals surface area (Å²) < 4.78 is 5.11. The van der Waals surface area contributed by atoms with E-state index >= 15 is 0 Å². The Balaban J connectivity index is 2.36. The predicted octanol–water partition coefficient (Wildman–Crippen LogP) is 3.08. The molecule has 1 N–H and O–H groups in total. The first-order chi connectivity index (χ1) is 9.41. The highest BCUT2D eigenvalue weighted by Crippen LogP contribution is 2.30. The predicted molar refractivity (Wildman–Crippen MR) is 73.6 cm³/mol. The summed E-state index contributed by atoms with van der Waals surface area (Å²) in [6, 6.07) is 1.43. The smallest absolute Gasteiger partial charge is 0.314 e. The van der Waals surface area contributed by atoms with E-state index in [1.54, 1.807) is 19.2 Å². The molecule has 0 saturated carbocycles. The second-order valence-corrected chi connectivity index (χ2v) is 4.69. The van der Waals surface area contributed by atoms with Crippen LogP contribution >= 0.6 is 0 Å². The van der Waals surface area contributed by atoms with Crippen LogP contribution < -0.4 is 5.32 Å². The van der Waals surface area contributed by atoms with Gasteiger partial charge in [-0.1, -0.05) is 5.16 Å². The molecule has 0 fully saturated rings. The second kappa shape index (κ2) is 5.28. The van der Waals surface area contributed by atoms with E-state index in [-0.39, 0.29) is 17.5 Å². The zero-order valence-electron chi connectivity index (χ0n) is 11.8. The van der Waals surface area contributed by atoms with Crippen LogP contribution in [0.5, 0.6) is 0 Å². The van der Waals surface area contributed by atoms with Gasteiger partial charge >= 0.3 is 5.69 Å². The van der Waals surface area contributed by atoms with Gasteiger partial charge in [-0.3, -0.25) is 10.1 Å². The van der Waals surface area contributed by atoms with Crippen LogP contribution in [-0.4, -0.2) is 15.1 Å². The molecule has 0 radical (unpaired) electrons. The van der Waals surface area contributed by atoms with Crippen LogP contribution in [0.3, 0.4) is 0 Å². The van der Waals surface area contributed by atoms with E-state index < -0.39 is 4.92 Å². The molecule has 0 aliphatic carbocycles. The Labute approximate surface area is 116 Å². The van der Waals surface area contributed by atoms with Gasteiger partial charge in [0.2, 0.25) is 5.82 Å². The third-order valence-corrected chi connectivity index (χ3v) is 3.18. The number of anilines is 1. The Morgan fingerprint density at radius 2 is 2.10 bits per heavy atom. The Bertz CT molecular complexity index is 632. The van der Waals surface area contributed by atoms with E-state index in [9.17, 15) is 10.1 Å². The molecule has 2 aromatic rings. The average molecular weight is 276 g/mol. The molecule has 0 aliphatic rings. The van der Waals surface area contributed by atoms with Gasteiger partial charge in [-0.05, 0) is 33.8 Å². The molecule has 2 rings (SSSR count). The lowest BCUT2D eigenvalue weighted by Crippen LogP contribution is -2.11. The third kappa shape index (κ3) is 2.47. The van der Waals surface area contributed by atoms with Crippen LogP contribution in [0.1, 0.15) is 35.5 Å². The fraction of sp³-hybridized carbons (Fsp3) is 0.385. The van der Waals surface area contributed by atoms with Crippen LogP contribution in [0.2, 0.25) is 0 Å². The summed E-state index contributed by atoms with van der Waals surface area (Å²) in [6.45, 7) is 7.22. The Hall–Kier alpha value is -2.44. The number of nitro groups is 1. The summed E-state index contributed by atoms with van der Waals surface area (Å²) in [6.07, 6.45) is 1.55. The first-order valence-corrected chi connectivity index (χ1v) is 6.21. The summed E-state index contributed by atoms with van der Waals surface area (Å²) >= 11 is 0. The molecular formula is C13H16N4O3. The lowest BCUT2D eigenvalue weighted by atomic mass is 10.1. The topological polar surface area (TPSA) is 94.1 Å². The van der Waals surface area contributed by atoms with Gasteiger partial charge in [0.15, 0.2) is 0 Å². The van der Waals surface area contributed by atoms with Crippen molar-refractivity contribution in [2.75, 3.05) is 5.32 Å². The molecule has 0 amide bonds. The largest absolute Gasteiger partial charge is 0.361 e. The molecule has 0 saturated heterocycles. The second-order valence-electron chi connectivity index (χ2n) is 4.69. The van der Waals surface area contributed by atoms with Crippen LogP contribution in [-0.2, 0) is 0 Å². The number of hydrogen-bond donors (Lipinski definition) is 1. The fourth-order valence-electron chi connectivity index (χ4n) is 2.27. The number of aromatic nitrogens is 2. The van der Waals surface area contributed by atoms with Crippen LogP contribution in [0.25, 0.3) is 0 Å². The first-order valence-electron chi connectivity index (χ1n) is 6.21. The summed E-state index contributed by atoms with van der Waals surface area (Å²) in [7, 11) is 0. The maximum atomic E-state index is 11.1. The minimum Gasteiger partial charge on any atom is -0.361 e. The Morgan fingerprint density at radius 3 is 2.65 bits per heavy atom. The average Bonchev–Trinajstić information content (AvgIpc) is 2.68. The van der Waals surface area contributed by atoms with Crippen molar-refractivity contribution in [1.29, 1.82) is 0 Å². The van der Waals surface area contributed by atoms with Crippen molar-refractivity contribution < 1.29 is 9.45 Å². The fourth-order valence-corrected chi connectivity index (χ4v) is 2.27. The molecule has 1 atom stereocenters. The zero-order chi connectivity index (χ0) is 14.9. The highest BCUT2D eigenvalue weighted by Gasteiger charge is 2.23. The molecule has 20 heavy (non-hydrogen) atoms. The molecule has 0 spiro atoms. The van der Waals surface area contributed by atoms with E-state index in [2.05, 4.69) is 15.5 Å². The number of pyridine rings is 1. The quantitative estimate of drug-likeness (QED) is 0.681. The summed E-state index contributed by atoms with van der Waals surface area (Å²) in [5, 5.41) is 18.1. The van der Waals surface area contributed by atoms with E-state index in [4.69, 9.17) is 4.52 Å². The van der Waals surface area contributed by atoms with Crippen LogP contribution in [0, 0.1) is 30.9 Å². The Morgan fingerprint density at radius 1 is 1.40 bits per heavy atom. The molecule has 7 nitrogen and oxygen atoms in total. The molecule has 0 bridgehead atoms. The molecule has 2 aromatic heterocycles. The zero-order valence-corrected chi connectivity index (χ0v) is 11.8. The van der Waals surface area contributed by atoms with Gasteiger partial charge in [0.25, 0.3) is 0 Å². The lowest BCUT2D eigenvalue weighted by Gasteiger charge is -2.14. The molecule has 7 heteroatoms. The van der Waals surface area contributed by atoms with Crippen molar-refractivity contribution in [3.63, 3.8) is 0 Å². The number of nitrogens with one attached hydrogen (secondary N) is 1. The van der Waals surface area contributed by atoms with E-state index in [1.807, 2.05) is 20.8 Å². The minimum atomic E-state index is -0.426. The van der Waals surface area contributed by atoms with E-state index in [0.717, 1.165) is 11.3 Å². The van der Waals surface area contributed by atoms with Gasteiger partial charge in [-0.25, -0.2) is 4.98 Å². The van der Waals surface area contributed by atoms with E-state index in [0.29, 0.717) is 11.3 Å². The number of hydrogen-bond acceptors (Lipinski definition) is 6. The highest BCUT2D eigenvalue weighted by molar-refractivity contribution is 5.60. The summed E-state index contributed by atoms with van der Waals surface area (Å²) in [4.78, 5) is 14.8. The summed E-state index contributed by atoms with van der Waals surface area (Å²) in [5.74, 6) is 0.945. The monoisotopic (exact) mass is 276 g/mol. The van der Waals surface area contributed by atoms with Crippen LogP contribution in [0.15, 0.2) is 16.8 Å². The number of aryl methyl sites for hydroxylation is 3. The third-order valence-electron chi connectivity index (χ3n) is 3.18. The molecule has 1 unspecified atom stereocenters. The van der Waals surface area contributed by atoms with Crippen molar-refractivity contribution >= 4 is 11.5 Å². The number of nitrogens with zero attached hydrogens (tertiary/aromatic N) is 3. The maximum Gasteiger partial charge on any atom is 0.314 e. The van der Waals surface area contributed by atoms with Crippen molar-refractivity contribution in [2.45, 2.75) is 33.7 Å².